The van der Waals surface area contributed by atoms with Crippen LogP contribution < -0.4 is 22.3 Å². The van der Waals surface area contributed by atoms with Crippen LogP contribution in [0.4, 0.5) is 24.8 Å². The van der Waals surface area contributed by atoms with Crippen molar-refractivity contribution in [3.05, 3.63) is 96.8 Å². The zero-order chi connectivity index (χ0) is 27.3. The Hall–Kier alpha value is -4.10. The number of nitrogens with one attached hydrogen (secondary N) is 1. The molecule has 3 aromatic heterocycles. The Morgan fingerprint density at radius 2 is 1.74 bits per heavy atom. The number of benzene rings is 2. The summed E-state index contributed by atoms with van der Waals surface area (Å²) < 4.78 is 45.2. The van der Waals surface area contributed by atoms with Gasteiger partial charge in [-0.3, -0.25) is 14.2 Å². The zero-order valence-electron chi connectivity index (χ0n) is 19.6. The molecule has 0 aliphatic rings. The fourth-order valence-electron chi connectivity index (χ4n) is 3.89. The van der Waals surface area contributed by atoms with Gasteiger partial charge in [-0.05, 0) is 24.3 Å². The first kappa shape index (κ1) is 25.6. The minimum absolute atomic E-state index is 0.00325. The molecule has 0 radical (unpaired) electrons. The predicted octanol–water partition coefficient (Wildman–Crippen LogP) is 2.45. The number of fused-ring (bicyclic) bond motifs is 1. The Bertz CT molecular complexity index is 1870. The lowest BCUT2D eigenvalue weighted by Crippen LogP contribution is -2.42. The molecule has 38 heavy (non-hydrogen) atoms. The summed E-state index contributed by atoms with van der Waals surface area (Å²) in [4.78, 5) is 34.4. The maximum atomic E-state index is 14.6. The molecule has 0 spiro atoms. The molecule has 192 valence electrons. The van der Waals surface area contributed by atoms with E-state index in [9.17, 15) is 22.8 Å². The van der Waals surface area contributed by atoms with Gasteiger partial charge < -0.3 is 5.32 Å². The first-order valence-corrected chi connectivity index (χ1v) is 11.7. The Morgan fingerprint density at radius 3 is 2.47 bits per heavy atom. The van der Waals surface area contributed by atoms with E-state index in [1.165, 1.54) is 18.5 Å². The second kappa shape index (κ2) is 9.65. The second-order valence-corrected chi connectivity index (χ2v) is 9.17. The van der Waals surface area contributed by atoms with E-state index in [1.54, 1.807) is 23.9 Å². The van der Waals surface area contributed by atoms with Crippen molar-refractivity contribution < 1.29 is 13.2 Å². The van der Waals surface area contributed by atoms with Crippen LogP contribution in [0.15, 0.2) is 52.3 Å². The molecular formula is C23H15BCl2F3N7O2. The van der Waals surface area contributed by atoms with Crippen molar-refractivity contribution >= 4 is 59.2 Å². The number of pyridine rings is 1. The number of hydrogen-bond donors (Lipinski definition) is 1. The van der Waals surface area contributed by atoms with Crippen LogP contribution in [0.5, 0.6) is 0 Å². The van der Waals surface area contributed by atoms with Gasteiger partial charge in [-0.15, -0.1) is 0 Å². The van der Waals surface area contributed by atoms with Crippen LogP contribution in [-0.2, 0) is 13.6 Å². The van der Waals surface area contributed by atoms with E-state index in [1.807, 2.05) is 7.85 Å². The van der Waals surface area contributed by atoms with Crippen molar-refractivity contribution in [1.82, 2.24) is 28.9 Å². The highest BCUT2D eigenvalue weighted by Gasteiger charge is 2.20. The van der Waals surface area contributed by atoms with Crippen LogP contribution >= 0.6 is 23.2 Å². The Labute approximate surface area is 222 Å². The number of aryl methyl sites for hydroxylation is 1. The van der Waals surface area contributed by atoms with E-state index in [2.05, 4.69) is 20.4 Å². The van der Waals surface area contributed by atoms with Crippen molar-refractivity contribution in [3.8, 4) is 5.69 Å². The van der Waals surface area contributed by atoms with Crippen LogP contribution in [-0.4, -0.2) is 36.7 Å². The van der Waals surface area contributed by atoms with E-state index >= 15 is 0 Å². The molecule has 5 aromatic rings. The van der Waals surface area contributed by atoms with E-state index < -0.39 is 35.4 Å². The lowest BCUT2D eigenvalue weighted by Gasteiger charge is -2.17. The lowest BCUT2D eigenvalue weighted by molar-refractivity contribution is 0.487. The maximum absolute atomic E-state index is 14.6. The third-order valence-corrected chi connectivity index (χ3v) is 6.42. The highest BCUT2D eigenvalue weighted by atomic mass is 35.5. The van der Waals surface area contributed by atoms with Gasteiger partial charge in [0.25, 0.3) is 0 Å². The van der Waals surface area contributed by atoms with Gasteiger partial charge in [-0.1, -0.05) is 23.2 Å². The van der Waals surface area contributed by atoms with E-state index in [0.29, 0.717) is 22.2 Å². The van der Waals surface area contributed by atoms with Gasteiger partial charge in [0.2, 0.25) is 5.95 Å². The van der Waals surface area contributed by atoms with E-state index in [-0.39, 0.29) is 32.9 Å². The SMILES string of the molecule is Bc1c2cc(Nc3nc(=O)n(-c4cncc(Cl)c4)c(=O)n3Cc3cc(F)c(F)cc3F)c(Cl)cc2nn1C. The van der Waals surface area contributed by atoms with E-state index in [0.717, 1.165) is 15.5 Å². The predicted molar refractivity (Wildman–Crippen MR) is 140 cm³/mol. The monoisotopic (exact) mass is 559 g/mol. The van der Waals surface area contributed by atoms with Crippen LogP contribution in [0, 0.1) is 17.5 Å². The molecule has 0 bridgehead atoms. The molecule has 15 heteroatoms. The number of rotatable bonds is 5. The highest BCUT2D eigenvalue weighted by molar-refractivity contribution is 6.39. The van der Waals surface area contributed by atoms with Crippen molar-refractivity contribution in [2.24, 2.45) is 7.05 Å². The summed E-state index contributed by atoms with van der Waals surface area (Å²) in [5.74, 6) is -4.13. The molecule has 9 nitrogen and oxygen atoms in total. The molecule has 0 unspecified atom stereocenters. The molecule has 1 N–H and O–H groups in total. The second-order valence-electron chi connectivity index (χ2n) is 8.32. The fourth-order valence-corrected chi connectivity index (χ4v) is 4.27. The van der Waals surface area contributed by atoms with Crippen molar-refractivity contribution in [1.29, 1.82) is 0 Å². The number of hydrogen-bond acceptors (Lipinski definition) is 6. The molecule has 0 amide bonds. The lowest BCUT2D eigenvalue weighted by atomic mass is 9.99. The van der Waals surface area contributed by atoms with Crippen molar-refractivity contribution in [3.63, 3.8) is 0 Å². The average molecular weight is 560 g/mol. The van der Waals surface area contributed by atoms with Gasteiger partial charge in [-0.2, -0.15) is 10.1 Å². The Morgan fingerprint density at radius 1 is 1.00 bits per heavy atom. The topological polar surface area (TPSA) is 99.6 Å². The summed E-state index contributed by atoms with van der Waals surface area (Å²) in [6.07, 6.45) is 2.51. The third kappa shape index (κ3) is 4.54. The summed E-state index contributed by atoms with van der Waals surface area (Å²) in [6.45, 7) is -0.614. The van der Waals surface area contributed by atoms with E-state index in [4.69, 9.17) is 23.2 Å². The number of halogens is 5. The molecular weight excluding hydrogens is 545 g/mol. The largest absolute Gasteiger partial charge is 0.359 e. The minimum atomic E-state index is -1.39. The summed E-state index contributed by atoms with van der Waals surface area (Å²) in [5.41, 5.74) is -0.653. The maximum Gasteiger partial charge on any atom is 0.359 e. The van der Waals surface area contributed by atoms with Crippen LogP contribution in [0.1, 0.15) is 5.56 Å². The fraction of sp³-hybridized carbons (Fsp3) is 0.0870. The number of nitrogens with zero attached hydrogens (tertiary/aromatic N) is 6. The van der Waals surface area contributed by atoms with Crippen molar-refractivity contribution in [2.45, 2.75) is 6.54 Å². The quantitative estimate of drug-likeness (QED) is 0.262. The molecule has 2 aromatic carbocycles. The highest BCUT2D eigenvalue weighted by Crippen LogP contribution is 2.29. The third-order valence-electron chi connectivity index (χ3n) is 5.90. The number of aromatic nitrogens is 6. The molecule has 0 aliphatic heterocycles. The molecule has 0 aliphatic carbocycles. The first-order valence-electron chi connectivity index (χ1n) is 10.9. The normalized spacial score (nSPS) is 11.3. The standard InChI is InChI=1S/C23H15BCl2F3N7O2/c1-34-20(24)13-4-19(14(26)5-18(13)33-34)31-21-32-22(37)36(12-3-11(25)7-30-8-12)23(38)35(21)9-10-2-16(28)17(29)6-15(10)27/h2-8H,9,24H2,1H3,(H,31,32,37). The molecule has 0 saturated heterocycles. The molecule has 3 heterocycles. The van der Waals surface area contributed by atoms with Gasteiger partial charge in [0.15, 0.2) is 19.5 Å². The van der Waals surface area contributed by atoms with Gasteiger partial charge in [0.05, 0.1) is 39.7 Å². The van der Waals surface area contributed by atoms with Gasteiger partial charge in [0.1, 0.15) is 5.82 Å². The molecule has 5 rings (SSSR count). The first-order chi connectivity index (χ1) is 18.0. The van der Waals surface area contributed by atoms with Crippen LogP contribution in [0.2, 0.25) is 10.0 Å². The van der Waals surface area contributed by atoms with Crippen molar-refractivity contribution in [2.75, 3.05) is 5.32 Å². The Balaban J connectivity index is 1.71. The summed E-state index contributed by atoms with van der Waals surface area (Å²) in [6, 6.07) is 5.53. The Kier molecular flexibility index (Phi) is 6.49. The number of anilines is 2. The van der Waals surface area contributed by atoms with Crippen LogP contribution in [0.25, 0.3) is 16.6 Å². The summed E-state index contributed by atoms with van der Waals surface area (Å²) >= 11 is 12.4. The van der Waals surface area contributed by atoms with Gasteiger partial charge >= 0.3 is 11.4 Å². The average Bonchev–Trinajstić information content (AvgIpc) is 3.12. The minimum Gasteiger partial charge on any atom is -0.324 e. The summed E-state index contributed by atoms with van der Waals surface area (Å²) in [5, 5.41) is 8.27. The van der Waals surface area contributed by atoms with Gasteiger partial charge in [0, 0.05) is 35.9 Å². The summed E-state index contributed by atoms with van der Waals surface area (Å²) in [7, 11) is 3.60. The van der Waals surface area contributed by atoms with Gasteiger partial charge in [-0.25, -0.2) is 27.3 Å². The molecule has 0 saturated carbocycles. The molecule has 0 fully saturated rings. The zero-order valence-corrected chi connectivity index (χ0v) is 21.2. The smallest absolute Gasteiger partial charge is 0.324 e. The van der Waals surface area contributed by atoms with Crippen LogP contribution in [0.3, 0.4) is 0 Å². The molecule has 0 atom stereocenters.